The quantitative estimate of drug-likeness (QED) is 0.502. The predicted octanol–water partition coefficient (Wildman–Crippen LogP) is 4.31. The molecule has 7 heteroatoms. The molecule has 4 rings (SSSR count). The molecule has 0 spiro atoms. The molecule has 0 fully saturated rings. The van der Waals surface area contributed by atoms with Gasteiger partial charge >= 0.3 is 0 Å². The number of aromatic nitrogens is 2. The summed E-state index contributed by atoms with van der Waals surface area (Å²) in [5.41, 5.74) is 4.12. The molecule has 0 aliphatic carbocycles. The highest BCUT2D eigenvalue weighted by Crippen LogP contribution is 2.27. The average Bonchev–Trinajstić information content (AvgIpc) is 3.14. The number of hydrogen-bond donors (Lipinski definition) is 1. The molecule has 0 unspecified atom stereocenters. The second-order valence-electron chi connectivity index (χ2n) is 6.81. The molecule has 29 heavy (non-hydrogen) atoms. The fourth-order valence-corrected chi connectivity index (χ4v) is 4.16. The SMILES string of the molecule is CC(=O)c1ccc(S(=O)(=O)Nc2cc(-c3cn4ccccc4n3)ccc2C)cc1. The number of imidazole rings is 1. The van der Waals surface area contributed by atoms with E-state index in [2.05, 4.69) is 9.71 Å². The third-order valence-corrected chi connectivity index (χ3v) is 6.09. The first-order chi connectivity index (χ1) is 13.8. The van der Waals surface area contributed by atoms with Gasteiger partial charge in [0, 0.05) is 23.5 Å². The highest BCUT2D eigenvalue weighted by molar-refractivity contribution is 7.92. The average molecular weight is 405 g/mol. The summed E-state index contributed by atoms with van der Waals surface area (Å²) in [4.78, 5) is 16.1. The van der Waals surface area contributed by atoms with Crippen LogP contribution in [-0.2, 0) is 10.0 Å². The fourth-order valence-electron chi connectivity index (χ4n) is 3.04. The molecule has 0 saturated heterocycles. The molecule has 6 nitrogen and oxygen atoms in total. The number of ketones is 1. The molecule has 0 saturated carbocycles. The largest absolute Gasteiger partial charge is 0.306 e. The van der Waals surface area contributed by atoms with E-state index in [0.717, 1.165) is 22.5 Å². The van der Waals surface area contributed by atoms with E-state index in [1.54, 1.807) is 6.07 Å². The lowest BCUT2D eigenvalue weighted by Gasteiger charge is -2.12. The first-order valence-electron chi connectivity index (χ1n) is 9.02. The van der Waals surface area contributed by atoms with Crippen LogP contribution in [0.3, 0.4) is 0 Å². The standard InChI is InChI=1S/C22H19N3O3S/c1-15-6-7-18(21-14-25-12-4-3-5-22(25)23-21)13-20(15)24-29(27,28)19-10-8-17(9-11-19)16(2)26/h3-14,24H,1-2H3. The third kappa shape index (κ3) is 3.77. The van der Waals surface area contributed by atoms with E-state index in [1.165, 1.54) is 31.2 Å². The van der Waals surface area contributed by atoms with Crippen LogP contribution in [0.4, 0.5) is 5.69 Å². The Morgan fingerprint density at radius 3 is 2.48 bits per heavy atom. The number of hydrogen-bond acceptors (Lipinski definition) is 4. The molecular formula is C22H19N3O3S. The number of rotatable bonds is 5. The zero-order valence-corrected chi connectivity index (χ0v) is 16.8. The number of Topliss-reactive ketones (excluding diaryl/α,β-unsaturated/α-hetero) is 1. The minimum atomic E-state index is -3.79. The summed E-state index contributed by atoms with van der Waals surface area (Å²) in [6, 6.07) is 17.2. The number of aryl methyl sites for hydroxylation is 1. The van der Waals surface area contributed by atoms with Crippen LogP contribution in [0, 0.1) is 6.92 Å². The summed E-state index contributed by atoms with van der Waals surface area (Å²) in [7, 11) is -3.79. The summed E-state index contributed by atoms with van der Waals surface area (Å²) in [5, 5.41) is 0. The molecule has 146 valence electrons. The summed E-state index contributed by atoms with van der Waals surface area (Å²) in [6.07, 6.45) is 3.81. The molecule has 2 aromatic heterocycles. The zero-order chi connectivity index (χ0) is 20.6. The van der Waals surface area contributed by atoms with Gasteiger partial charge < -0.3 is 4.40 Å². The van der Waals surface area contributed by atoms with Crippen molar-refractivity contribution in [3.05, 3.63) is 84.2 Å². The van der Waals surface area contributed by atoms with Gasteiger partial charge in [-0.1, -0.05) is 30.3 Å². The second-order valence-corrected chi connectivity index (χ2v) is 8.49. The van der Waals surface area contributed by atoms with E-state index in [1.807, 2.05) is 54.0 Å². The molecule has 0 amide bonds. The van der Waals surface area contributed by atoms with Crippen LogP contribution in [0.5, 0.6) is 0 Å². The number of pyridine rings is 1. The Hall–Kier alpha value is -3.45. The van der Waals surface area contributed by atoms with Crippen molar-refractivity contribution < 1.29 is 13.2 Å². The number of nitrogens with one attached hydrogen (secondary N) is 1. The van der Waals surface area contributed by atoms with Crippen molar-refractivity contribution in [1.29, 1.82) is 0 Å². The van der Waals surface area contributed by atoms with Gasteiger partial charge in [-0.15, -0.1) is 0 Å². The topological polar surface area (TPSA) is 80.5 Å². The molecule has 0 radical (unpaired) electrons. The van der Waals surface area contributed by atoms with E-state index in [4.69, 9.17) is 0 Å². The lowest BCUT2D eigenvalue weighted by Crippen LogP contribution is -2.14. The van der Waals surface area contributed by atoms with Crippen molar-refractivity contribution in [2.24, 2.45) is 0 Å². The zero-order valence-electron chi connectivity index (χ0n) is 16.0. The van der Waals surface area contributed by atoms with Gasteiger partial charge in [-0.3, -0.25) is 9.52 Å². The third-order valence-electron chi connectivity index (χ3n) is 4.71. The lowest BCUT2D eigenvalue weighted by molar-refractivity contribution is 0.101. The number of nitrogens with zero attached hydrogens (tertiary/aromatic N) is 2. The van der Waals surface area contributed by atoms with Crippen LogP contribution >= 0.6 is 0 Å². The Balaban J connectivity index is 1.67. The minimum absolute atomic E-state index is 0.0973. The number of anilines is 1. The van der Waals surface area contributed by atoms with Crippen LogP contribution in [0.1, 0.15) is 22.8 Å². The molecule has 0 aliphatic rings. The van der Waals surface area contributed by atoms with Gasteiger partial charge in [-0.05, 0) is 49.7 Å². The summed E-state index contributed by atoms with van der Waals surface area (Å²) in [6.45, 7) is 3.28. The van der Waals surface area contributed by atoms with Crippen LogP contribution in [0.25, 0.3) is 16.9 Å². The van der Waals surface area contributed by atoms with E-state index in [0.29, 0.717) is 11.3 Å². The maximum absolute atomic E-state index is 12.8. The summed E-state index contributed by atoms with van der Waals surface area (Å²) >= 11 is 0. The maximum Gasteiger partial charge on any atom is 0.261 e. The van der Waals surface area contributed by atoms with Gasteiger partial charge in [0.1, 0.15) is 5.65 Å². The summed E-state index contributed by atoms with van der Waals surface area (Å²) < 4.78 is 30.2. The monoisotopic (exact) mass is 405 g/mol. The van der Waals surface area contributed by atoms with E-state index >= 15 is 0 Å². The predicted molar refractivity (Wildman–Crippen MR) is 113 cm³/mol. The van der Waals surface area contributed by atoms with Crippen LogP contribution in [0.15, 0.2) is 78.0 Å². The van der Waals surface area contributed by atoms with Gasteiger partial charge in [-0.25, -0.2) is 13.4 Å². The smallest absolute Gasteiger partial charge is 0.261 e. The van der Waals surface area contributed by atoms with Crippen molar-refractivity contribution in [2.45, 2.75) is 18.7 Å². The van der Waals surface area contributed by atoms with Crippen LogP contribution < -0.4 is 4.72 Å². The molecular weight excluding hydrogens is 386 g/mol. The second kappa shape index (κ2) is 7.18. The summed E-state index contributed by atoms with van der Waals surface area (Å²) in [5.74, 6) is -0.113. The highest BCUT2D eigenvalue weighted by Gasteiger charge is 2.17. The molecule has 2 aromatic carbocycles. The van der Waals surface area contributed by atoms with E-state index < -0.39 is 10.0 Å². The van der Waals surface area contributed by atoms with Crippen molar-refractivity contribution in [3.63, 3.8) is 0 Å². The van der Waals surface area contributed by atoms with Gasteiger partial charge in [0.15, 0.2) is 5.78 Å². The van der Waals surface area contributed by atoms with Crippen molar-refractivity contribution >= 4 is 27.1 Å². The molecule has 2 heterocycles. The van der Waals surface area contributed by atoms with Gasteiger partial charge in [-0.2, -0.15) is 0 Å². The number of sulfonamides is 1. The number of fused-ring (bicyclic) bond motifs is 1. The maximum atomic E-state index is 12.8. The number of carbonyl (C=O) groups is 1. The molecule has 0 bridgehead atoms. The van der Waals surface area contributed by atoms with Crippen molar-refractivity contribution in [2.75, 3.05) is 4.72 Å². The Labute approximate surface area is 168 Å². The highest BCUT2D eigenvalue weighted by atomic mass is 32.2. The Bertz CT molecular complexity index is 1290. The number of benzene rings is 2. The van der Waals surface area contributed by atoms with Gasteiger partial charge in [0.25, 0.3) is 10.0 Å². The number of carbonyl (C=O) groups excluding carboxylic acids is 1. The molecule has 0 aliphatic heterocycles. The Morgan fingerprint density at radius 1 is 1.03 bits per heavy atom. The Morgan fingerprint density at radius 2 is 1.79 bits per heavy atom. The minimum Gasteiger partial charge on any atom is -0.306 e. The molecule has 4 aromatic rings. The van der Waals surface area contributed by atoms with Crippen molar-refractivity contribution in [3.8, 4) is 11.3 Å². The van der Waals surface area contributed by atoms with Crippen LogP contribution in [-0.4, -0.2) is 23.6 Å². The molecule has 1 N–H and O–H groups in total. The Kier molecular flexibility index (Phi) is 4.68. The lowest BCUT2D eigenvalue weighted by atomic mass is 10.1. The van der Waals surface area contributed by atoms with Gasteiger partial charge in [0.2, 0.25) is 0 Å². The normalized spacial score (nSPS) is 11.5. The van der Waals surface area contributed by atoms with Crippen LogP contribution in [0.2, 0.25) is 0 Å². The van der Waals surface area contributed by atoms with E-state index in [9.17, 15) is 13.2 Å². The fraction of sp³-hybridized carbons (Fsp3) is 0.0909. The molecule has 0 atom stereocenters. The first kappa shape index (κ1) is 18.9. The van der Waals surface area contributed by atoms with Gasteiger partial charge in [0.05, 0.1) is 16.3 Å². The van der Waals surface area contributed by atoms with E-state index in [-0.39, 0.29) is 10.7 Å². The van der Waals surface area contributed by atoms with Crippen molar-refractivity contribution in [1.82, 2.24) is 9.38 Å². The first-order valence-corrected chi connectivity index (χ1v) is 10.5.